The number of aryl methyl sites for hydroxylation is 1. The SMILES string of the molecule is CN=C/C=C(\C)CNC(=O)c1cccc(Cc2ccnc(-c3cnn(C)c3)c2)c1C. The van der Waals surface area contributed by atoms with Crippen LogP contribution in [0.4, 0.5) is 0 Å². The largest absolute Gasteiger partial charge is 0.348 e. The van der Waals surface area contributed by atoms with Gasteiger partial charge in [0.05, 0.1) is 11.9 Å². The number of benzene rings is 1. The number of allylic oxidation sites excluding steroid dienone is 1. The van der Waals surface area contributed by atoms with Gasteiger partial charge in [-0.2, -0.15) is 5.10 Å². The van der Waals surface area contributed by atoms with Crippen LogP contribution in [0, 0.1) is 6.92 Å². The van der Waals surface area contributed by atoms with Gasteiger partial charge in [-0.1, -0.05) is 17.7 Å². The van der Waals surface area contributed by atoms with E-state index in [2.05, 4.69) is 32.5 Å². The first-order valence-corrected chi connectivity index (χ1v) is 9.86. The molecule has 6 heteroatoms. The number of carbonyl (C=O) groups excluding carboxylic acids is 1. The summed E-state index contributed by atoms with van der Waals surface area (Å²) in [5.41, 5.74) is 6.88. The van der Waals surface area contributed by atoms with Crippen LogP contribution in [0.1, 0.15) is 34.0 Å². The van der Waals surface area contributed by atoms with Gasteiger partial charge in [-0.05, 0) is 61.2 Å². The molecule has 1 amide bonds. The van der Waals surface area contributed by atoms with Crippen LogP contribution < -0.4 is 5.32 Å². The minimum Gasteiger partial charge on any atom is -0.348 e. The van der Waals surface area contributed by atoms with Gasteiger partial charge in [-0.15, -0.1) is 0 Å². The molecule has 0 atom stereocenters. The van der Waals surface area contributed by atoms with Gasteiger partial charge in [-0.25, -0.2) is 0 Å². The maximum atomic E-state index is 12.7. The third kappa shape index (κ3) is 5.29. The van der Waals surface area contributed by atoms with Crippen molar-refractivity contribution in [2.75, 3.05) is 13.6 Å². The van der Waals surface area contributed by atoms with Crippen molar-refractivity contribution >= 4 is 12.1 Å². The first-order chi connectivity index (χ1) is 14.5. The lowest BCUT2D eigenvalue weighted by atomic mass is 9.96. The third-order valence-electron chi connectivity index (χ3n) is 4.95. The topological polar surface area (TPSA) is 72.2 Å². The molecule has 1 aromatic carbocycles. The van der Waals surface area contributed by atoms with Crippen LogP contribution in [0.3, 0.4) is 0 Å². The van der Waals surface area contributed by atoms with Gasteiger partial charge >= 0.3 is 0 Å². The van der Waals surface area contributed by atoms with Crippen LogP contribution in [0.25, 0.3) is 11.3 Å². The van der Waals surface area contributed by atoms with Crippen molar-refractivity contribution in [2.24, 2.45) is 12.0 Å². The van der Waals surface area contributed by atoms with Crippen LogP contribution in [0.5, 0.6) is 0 Å². The second kappa shape index (κ2) is 9.78. The Morgan fingerprint density at radius 3 is 2.87 bits per heavy atom. The molecular formula is C24H27N5O. The van der Waals surface area contributed by atoms with Crippen LogP contribution in [-0.4, -0.2) is 40.5 Å². The summed E-state index contributed by atoms with van der Waals surface area (Å²) in [5.74, 6) is -0.0682. The molecule has 0 aliphatic carbocycles. The minimum absolute atomic E-state index is 0.0682. The highest BCUT2D eigenvalue weighted by Crippen LogP contribution is 2.21. The predicted molar refractivity (Wildman–Crippen MR) is 121 cm³/mol. The fourth-order valence-corrected chi connectivity index (χ4v) is 3.21. The Kier molecular flexibility index (Phi) is 6.91. The Balaban J connectivity index is 1.76. The lowest BCUT2D eigenvalue weighted by molar-refractivity contribution is 0.0956. The predicted octanol–water partition coefficient (Wildman–Crippen LogP) is 3.76. The standard InChI is InChI=1S/C24H27N5O/c1-17(8-10-25-3)14-27-24(30)22-7-5-6-20(18(22)2)12-19-9-11-26-23(13-19)21-15-28-29(4)16-21/h5-11,13,15-16H,12,14H2,1-4H3,(H,27,30)/b17-8+,25-10?. The van der Waals surface area contributed by atoms with E-state index in [4.69, 9.17) is 0 Å². The van der Waals surface area contributed by atoms with E-state index in [9.17, 15) is 4.79 Å². The molecule has 2 heterocycles. The van der Waals surface area contributed by atoms with Crippen molar-refractivity contribution in [3.8, 4) is 11.3 Å². The molecule has 0 bridgehead atoms. The maximum Gasteiger partial charge on any atom is 0.251 e. The van der Waals surface area contributed by atoms with Crippen molar-refractivity contribution in [1.29, 1.82) is 0 Å². The number of nitrogens with zero attached hydrogens (tertiary/aromatic N) is 4. The van der Waals surface area contributed by atoms with Gasteiger partial charge in [0.15, 0.2) is 0 Å². The van der Waals surface area contributed by atoms with Gasteiger partial charge in [0.2, 0.25) is 0 Å². The lowest BCUT2D eigenvalue weighted by Gasteiger charge is -2.12. The normalized spacial score (nSPS) is 11.8. The van der Waals surface area contributed by atoms with Gasteiger partial charge in [-0.3, -0.25) is 19.5 Å². The summed E-state index contributed by atoms with van der Waals surface area (Å²) in [5, 5.41) is 7.20. The Hall–Kier alpha value is -3.54. The molecular weight excluding hydrogens is 374 g/mol. The summed E-state index contributed by atoms with van der Waals surface area (Å²) in [4.78, 5) is 21.1. The monoisotopic (exact) mass is 401 g/mol. The van der Waals surface area contributed by atoms with Crippen molar-refractivity contribution in [3.05, 3.63) is 82.8 Å². The van der Waals surface area contributed by atoms with E-state index in [1.165, 1.54) is 0 Å². The van der Waals surface area contributed by atoms with E-state index >= 15 is 0 Å². The molecule has 1 N–H and O–H groups in total. The summed E-state index contributed by atoms with van der Waals surface area (Å²) >= 11 is 0. The van der Waals surface area contributed by atoms with Crippen molar-refractivity contribution in [2.45, 2.75) is 20.3 Å². The minimum atomic E-state index is -0.0682. The van der Waals surface area contributed by atoms with E-state index in [1.54, 1.807) is 17.9 Å². The summed E-state index contributed by atoms with van der Waals surface area (Å²) < 4.78 is 1.77. The van der Waals surface area contributed by atoms with Crippen LogP contribution in [0.15, 0.2) is 65.6 Å². The Morgan fingerprint density at radius 1 is 1.30 bits per heavy atom. The molecule has 0 saturated heterocycles. The third-order valence-corrected chi connectivity index (χ3v) is 4.95. The molecule has 0 saturated carbocycles. The second-order valence-electron chi connectivity index (χ2n) is 7.32. The summed E-state index contributed by atoms with van der Waals surface area (Å²) in [6.45, 7) is 4.46. The number of hydrogen-bond acceptors (Lipinski definition) is 4. The zero-order chi connectivity index (χ0) is 21.5. The fourth-order valence-electron chi connectivity index (χ4n) is 3.21. The van der Waals surface area contributed by atoms with E-state index in [0.29, 0.717) is 12.1 Å². The summed E-state index contributed by atoms with van der Waals surface area (Å²) in [6.07, 6.45) is 9.93. The first-order valence-electron chi connectivity index (χ1n) is 9.86. The van der Waals surface area contributed by atoms with Crippen LogP contribution in [0.2, 0.25) is 0 Å². The molecule has 0 aliphatic rings. The van der Waals surface area contributed by atoms with Crippen molar-refractivity contribution < 1.29 is 4.79 Å². The maximum absolute atomic E-state index is 12.7. The van der Waals surface area contributed by atoms with Gasteiger partial charge in [0.25, 0.3) is 5.91 Å². The highest BCUT2D eigenvalue weighted by molar-refractivity contribution is 5.96. The average molecular weight is 402 g/mol. The Labute approximate surface area is 177 Å². The Bertz CT molecular complexity index is 1090. The summed E-state index contributed by atoms with van der Waals surface area (Å²) in [7, 11) is 3.61. The second-order valence-corrected chi connectivity index (χ2v) is 7.32. The van der Waals surface area contributed by atoms with Crippen LogP contribution >= 0.6 is 0 Å². The first kappa shape index (κ1) is 21.2. The molecule has 0 fully saturated rings. The molecule has 30 heavy (non-hydrogen) atoms. The lowest BCUT2D eigenvalue weighted by Crippen LogP contribution is -2.26. The molecule has 0 radical (unpaired) electrons. The van der Waals surface area contributed by atoms with Crippen molar-refractivity contribution in [1.82, 2.24) is 20.1 Å². The zero-order valence-electron chi connectivity index (χ0n) is 17.9. The van der Waals surface area contributed by atoms with E-state index in [0.717, 1.165) is 39.9 Å². The highest BCUT2D eigenvalue weighted by atomic mass is 16.1. The van der Waals surface area contributed by atoms with Crippen LogP contribution in [-0.2, 0) is 13.5 Å². The number of hydrogen-bond donors (Lipinski definition) is 1. The number of pyridine rings is 1. The van der Waals surface area contributed by atoms with E-state index < -0.39 is 0 Å². The van der Waals surface area contributed by atoms with E-state index in [-0.39, 0.29) is 5.91 Å². The van der Waals surface area contributed by atoms with Crippen molar-refractivity contribution in [3.63, 3.8) is 0 Å². The smallest absolute Gasteiger partial charge is 0.251 e. The molecule has 3 aromatic rings. The number of amides is 1. The number of aromatic nitrogens is 3. The number of nitrogens with one attached hydrogen (secondary N) is 1. The summed E-state index contributed by atoms with van der Waals surface area (Å²) in [6, 6.07) is 9.96. The number of aliphatic imine (C=N–C) groups is 1. The van der Waals surface area contributed by atoms with Gasteiger partial charge < -0.3 is 5.32 Å². The zero-order valence-corrected chi connectivity index (χ0v) is 17.9. The van der Waals surface area contributed by atoms with Gasteiger partial charge in [0, 0.05) is 50.4 Å². The number of carbonyl (C=O) groups is 1. The Morgan fingerprint density at radius 2 is 2.13 bits per heavy atom. The highest BCUT2D eigenvalue weighted by Gasteiger charge is 2.12. The number of rotatable bonds is 7. The van der Waals surface area contributed by atoms with Gasteiger partial charge in [0.1, 0.15) is 0 Å². The van der Waals surface area contributed by atoms with E-state index in [1.807, 2.05) is 63.8 Å². The molecule has 0 aliphatic heterocycles. The average Bonchev–Trinajstić information content (AvgIpc) is 3.18. The fraction of sp³-hybridized carbons (Fsp3) is 0.250. The molecule has 6 nitrogen and oxygen atoms in total. The molecule has 154 valence electrons. The molecule has 2 aromatic heterocycles. The molecule has 0 unspecified atom stereocenters. The molecule has 3 rings (SSSR count). The quantitative estimate of drug-likeness (QED) is 0.613. The molecule has 0 spiro atoms.